The van der Waals surface area contributed by atoms with E-state index in [-0.39, 0.29) is 0 Å². The average Bonchev–Trinajstić information content (AvgIpc) is 2.47. The fraction of sp³-hybridized carbons (Fsp3) is 0.667. The second-order valence-corrected chi connectivity index (χ2v) is 8.34. The third-order valence-electron chi connectivity index (χ3n) is 5.41. The van der Waals surface area contributed by atoms with Crippen molar-refractivity contribution < 1.29 is 0 Å². The van der Waals surface area contributed by atoms with E-state index >= 15 is 0 Å². The highest BCUT2D eigenvalue weighted by Crippen LogP contribution is 2.45. The maximum absolute atomic E-state index is 6.09. The van der Waals surface area contributed by atoms with Crippen LogP contribution in [0, 0.1) is 17.8 Å². The molecule has 0 heterocycles. The van der Waals surface area contributed by atoms with E-state index in [1.54, 1.807) is 0 Å². The largest absolute Gasteiger partial charge is 0.0884 e. The Morgan fingerprint density at radius 1 is 1.10 bits per heavy atom. The summed E-state index contributed by atoms with van der Waals surface area (Å²) < 4.78 is 0. The summed E-state index contributed by atoms with van der Waals surface area (Å²) >= 11 is 10.1. The standard InChI is InChI=1S/C18H24BrCl/c19-18(11-13-4-3-7-17(20)10-13)16-9-8-14-5-1-2-6-15(14)12-16/h3-4,7,10,14-16,18H,1-2,5-6,8-9,11-12H2. The number of hydrogen-bond acceptors (Lipinski definition) is 0. The molecule has 20 heavy (non-hydrogen) atoms. The monoisotopic (exact) mass is 354 g/mol. The van der Waals surface area contributed by atoms with E-state index in [0.29, 0.717) is 4.83 Å². The first-order chi connectivity index (χ1) is 9.72. The van der Waals surface area contributed by atoms with Gasteiger partial charge in [-0.2, -0.15) is 0 Å². The van der Waals surface area contributed by atoms with E-state index in [1.807, 2.05) is 6.07 Å². The van der Waals surface area contributed by atoms with E-state index in [2.05, 4.69) is 34.1 Å². The van der Waals surface area contributed by atoms with Gasteiger partial charge in [0.25, 0.3) is 0 Å². The highest BCUT2D eigenvalue weighted by Gasteiger charge is 2.34. The summed E-state index contributed by atoms with van der Waals surface area (Å²) in [5.74, 6) is 2.92. The van der Waals surface area contributed by atoms with E-state index in [9.17, 15) is 0 Å². The van der Waals surface area contributed by atoms with Crippen molar-refractivity contribution in [3.8, 4) is 0 Å². The molecule has 0 amide bonds. The molecule has 0 nitrogen and oxygen atoms in total. The van der Waals surface area contributed by atoms with E-state index < -0.39 is 0 Å². The van der Waals surface area contributed by atoms with Gasteiger partial charge in [-0.15, -0.1) is 0 Å². The van der Waals surface area contributed by atoms with Crippen molar-refractivity contribution in [3.05, 3.63) is 34.9 Å². The van der Waals surface area contributed by atoms with Gasteiger partial charge in [0.1, 0.15) is 0 Å². The smallest absolute Gasteiger partial charge is 0.0408 e. The quantitative estimate of drug-likeness (QED) is 0.562. The minimum atomic E-state index is 0.615. The minimum absolute atomic E-state index is 0.615. The molecule has 0 bridgehead atoms. The zero-order valence-corrected chi connectivity index (χ0v) is 14.4. The normalized spacial score (nSPS) is 31.6. The van der Waals surface area contributed by atoms with Crippen molar-refractivity contribution in [3.63, 3.8) is 0 Å². The number of alkyl halides is 1. The molecule has 2 fully saturated rings. The van der Waals surface area contributed by atoms with Crippen molar-refractivity contribution >= 4 is 27.5 Å². The average molecular weight is 356 g/mol. The molecule has 0 aliphatic heterocycles. The summed E-state index contributed by atoms with van der Waals surface area (Å²) in [6.07, 6.45) is 11.4. The second kappa shape index (κ2) is 6.83. The third-order valence-corrected chi connectivity index (χ3v) is 6.72. The third kappa shape index (κ3) is 3.60. The lowest BCUT2D eigenvalue weighted by molar-refractivity contribution is 0.129. The maximum Gasteiger partial charge on any atom is 0.0408 e. The van der Waals surface area contributed by atoms with Crippen LogP contribution in [0.25, 0.3) is 0 Å². The van der Waals surface area contributed by atoms with Crippen molar-refractivity contribution in [1.29, 1.82) is 0 Å². The number of benzene rings is 1. The molecule has 0 spiro atoms. The molecule has 0 radical (unpaired) electrons. The lowest BCUT2D eigenvalue weighted by atomic mass is 9.66. The molecule has 2 heteroatoms. The molecule has 4 unspecified atom stereocenters. The zero-order valence-electron chi connectivity index (χ0n) is 12.0. The summed E-state index contributed by atoms with van der Waals surface area (Å²) in [6.45, 7) is 0. The number of hydrogen-bond donors (Lipinski definition) is 0. The summed E-state index contributed by atoms with van der Waals surface area (Å²) in [4.78, 5) is 0.615. The molecule has 4 atom stereocenters. The molecule has 3 rings (SSSR count). The van der Waals surface area contributed by atoms with Crippen LogP contribution in [0.1, 0.15) is 50.5 Å². The van der Waals surface area contributed by atoms with Gasteiger partial charge in [0.05, 0.1) is 0 Å². The summed E-state index contributed by atoms with van der Waals surface area (Å²) in [5.41, 5.74) is 1.37. The van der Waals surface area contributed by atoms with Gasteiger partial charge in [-0.1, -0.05) is 65.3 Å². The lowest BCUT2D eigenvalue weighted by Gasteiger charge is -2.41. The predicted octanol–water partition coefficient (Wildman–Crippen LogP) is 6.25. The summed E-state index contributed by atoms with van der Waals surface area (Å²) in [6, 6.07) is 8.34. The van der Waals surface area contributed by atoms with Gasteiger partial charge < -0.3 is 0 Å². The second-order valence-electron chi connectivity index (χ2n) is 6.73. The lowest BCUT2D eigenvalue weighted by Crippen LogP contribution is -2.32. The molecule has 0 saturated heterocycles. The Labute approximate surface area is 136 Å². The molecule has 2 saturated carbocycles. The van der Waals surface area contributed by atoms with Gasteiger partial charge in [0.15, 0.2) is 0 Å². The highest BCUT2D eigenvalue weighted by atomic mass is 79.9. The Hall–Kier alpha value is -0.0100. The van der Waals surface area contributed by atoms with Crippen molar-refractivity contribution in [2.24, 2.45) is 17.8 Å². The molecular formula is C18H24BrCl. The molecule has 1 aromatic carbocycles. The van der Waals surface area contributed by atoms with Gasteiger partial charge >= 0.3 is 0 Å². The van der Waals surface area contributed by atoms with Crippen LogP contribution in [0.15, 0.2) is 24.3 Å². The van der Waals surface area contributed by atoms with Gasteiger partial charge in [-0.05, 0) is 61.1 Å². The Morgan fingerprint density at radius 3 is 2.70 bits per heavy atom. The topological polar surface area (TPSA) is 0 Å². The molecule has 0 N–H and O–H groups in total. The van der Waals surface area contributed by atoms with Gasteiger partial charge in [-0.3, -0.25) is 0 Å². The van der Waals surface area contributed by atoms with Gasteiger partial charge in [-0.25, -0.2) is 0 Å². The SMILES string of the molecule is Clc1cccc(CC(Br)C2CCC3CCCCC3C2)c1. The fourth-order valence-electron chi connectivity index (χ4n) is 4.29. The van der Waals surface area contributed by atoms with Crippen molar-refractivity contribution in [2.75, 3.05) is 0 Å². The molecule has 1 aromatic rings. The number of halogens is 2. The molecule has 2 aliphatic rings. The Morgan fingerprint density at radius 2 is 1.90 bits per heavy atom. The van der Waals surface area contributed by atoms with Crippen molar-refractivity contribution in [2.45, 2.75) is 56.2 Å². The maximum atomic E-state index is 6.09. The Balaban J connectivity index is 1.58. The van der Waals surface area contributed by atoms with Crippen LogP contribution >= 0.6 is 27.5 Å². The van der Waals surface area contributed by atoms with E-state index in [4.69, 9.17) is 11.6 Å². The highest BCUT2D eigenvalue weighted by molar-refractivity contribution is 9.09. The number of rotatable bonds is 3. The first kappa shape index (κ1) is 14.9. The van der Waals surface area contributed by atoms with Crippen LogP contribution in [-0.4, -0.2) is 4.83 Å². The van der Waals surface area contributed by atoms with Crippen LogP contribution in [0.2, 0.25) is 5.02 Å². The summed E-state index contributed by atoms with van der Waals surface area (Å²) in [7, 11) is 0. The van der Waals surface area contributed by atoms with Gasteiger partial charge in [0.2, 0.25) is 0 Å². The predicted molar refractivity (Wildman–Crippen MR) is 90.7 cm³/mol. The van der Waals surface area contributed by atoms with Crippen LogP contribution in [0.3, 0.4) is 0 Å². The van der Waals surface area contributed by atoms with Crippen LogP contribution in [0.5, 0.6) is 0 Å². The van der Waals surface area contributed by atoms with Crippen LogP contribution in [-0.2, 0) is 6.42 Å². The van der Waals surface area contributed by atoms with Crippen LogP contribution in [0.4, 0.5) is 0 Å². The Kier molecular flexibility index (Phi) is 5.09. The van der Waals surface area contributed by atoms with Crippen molar-refractivity contribution in [1.82, 2.24) is 0 Å². The fourth-order valence-corrected chi connectivity index (χ4v) is 5.36. The molecule has 0 aromatic heterocycles. The van der Waals surface area contributed by atoms with Gasteiger partial charge in [0, 0.05) is 9.85 Å². The first-order valence-electron chi connectivity index (χ1n) is 8.11. The Bertz CT molecular complexity index is 445. The zero-order chi connectivity index (χ0) is 13.9. The molecule has 2 aliphatic carbocycles. The molecular weight excluding hydrogens is 332 g/mol. The first-order valence-corrected chi connectivity index (χ1v) is 9.40. The summed E-state index contributed by atoms with van der Waals surface area (Å²) in [5, 5.41) is 0.859. The van der Waals surface area contributed by atoms with E-state index in [0.717, 1.165) is 29.2 Å². The van der Waals surface area contributed by atoms with Crippen LogP contribution < -0.4 is 0 Å². The number of fused-ring (bicyclic) bond motifs is 1. The molecule has 110 valence electrons. The van der Waals surface area contributed by atoms with E-state index in [1.165, 1.54) is 50.5 Å². The minimum Gasteiger partial charge on any atom is -0.0884 e.